The summed E-state index contributed by atoms with van der Waals surface area (Å²) in [5.41, 5.74) is 0. The summed E-state index contributed by atoms with van der Waals surface area (Å²) in [6.45, 7) is 5.27. The van der Waals surface area contributed by atoms with Crippen molar-refractivity contribution >= 4 is 11.8 Å². The number of hydrogen-bond acceptors (Lipinski definition) is 4. The molecule has 2 heterocycles. The molecular formula is C25H42N4O2. The van der Waals surface area contributed by atoms with Crippen molar-refractivity contribution in [3.8, 4) is 0 Å². The Balaban J connectivity index is 1.01. The topological polar surface area (TPSA) is 82.3 Å². The number of fused-ring (bicyclic) bond motifs is 1. The fourth-order valence-corrected chi connectivity index (χ4v) is 7.09. The zero-order chi connectivity index (χ0) is 21.2. The fraction of sp³-hybridized carbons (Fsp3) is 0.920. The SMILES string of the molecule is O=C(NCC1CCNC1)C1CCC(C2CC2C(=O)NC2CCC3CNCCC3C2)CC1. The summed E-state index contributed by atoms with van der Waals surface area (Å²) in [5.74, 6) is 4.50. The average molecular weight is 431 g/mol. The van der Waals surface area contributed by atoms with Gasteiger partial charge in [-0.3, -0.25) is 9.59 Å². The number of rotatable bonds is 6. The molecule has 0 bridgehead atoms. The molecule has 2 saturated heterocycles. The van der Waals surface area contributed by atoms with Crippen molar-refractivity contribution in [2.75, 3.05) is 32.7 Å². The maximum absolute atomic E-state index is 12.9. The van der Waals surface area contributed by atoms with E-state index in [-0.39, 0.29) is 17.7 Å². The minimum Gasteiger partial charge on any atom is -0.356 e. The fourth-order valence-electron chi connectivity index (χ4n) is 7.09. The molecule has 2 amide bonds. The van der Waals surface area contributed by atoms with E-state index in [1.807, 2.05) is 0 Å². The van der Waals surface area contributed by atoms with Crippen LogP contribution in [0.3, 0.4) is 0 Å². The second kappa shape index (κ2) is 9.78. The lowest BCUT2D eigenvalue weighted by Crippen LogP contribution is -2.46. The van der Waals surface area contributed by atoms with Gasteiger partial charge in [0.15, 0.2) is 0 Å². The van der Waals surface area contributed by atoms with Crippen LogP contribution in [0.25, 0.3) is 0 Å². The van der Waals surface area contributed by atoms with Gasteiger partial charge in [-0.1, -0.05) is 0 Å². The van der Waals surface area contributed by atoms with Crippen LogP contribution in [0.4, 0.5) is 0 Å². The molecule has 5 fully saturated rings. The molecule has 2 aliphatic heterocycles. The highest BCUT2D eigenvalue weighted by Gasteiger charge is 2.49. The van der Waals surface area contributed by atoms with Crippen molar-refractivity contribution in [2.45, 2.75) is 70.3 Å². The Hall–Kier alpha value is -1.14. The molecule has 31 heavy (non-hydrogen) atoms. The molecule has 174 valence electrons. The molecule has 0 spiro atoms. The number of nitrogens with one attached hydrogen (secondary N) is 4. The highest BCUT2D eigenvalue weighted by molar-refractivity contribution is 5.82. The van der Waals surface area contributed by atoms with Crippen LogP contribution < -0.4 is 21.3 Å². The lowest BCUT2D eigenvalue weighted by molar-refractivity contribution is -0.127. The van der Waals surface area contributed by atoms with Gasteiger partial charge in [0.25, 0.3) is 0 Å². The maximum atomic E-state index is 12.9. The molecule has 5 aliphatic rings. The predicted octanol–water partition coefficient (Wildman–Crippen LogP) is 2.05. The molecule has 0 aromatic carbocycles. The molecule has 0 radical (unpaired) electrons. The van der Waals surface area contributed by atoms with Crippen molar-refractivity contribution in [3.63, 3.8) is 0 Å². The first kappa shape index (κ1) is 21.7. The highest BCUT2D eigenvalue weighted by Crippen LogP contribution is 2.50. The van der Waals surface area contributed by atoms with Crippen LogP contribution in [0.1, 0.15) is 64.2 Å². The van der Waals surface area contributed by atoms with Crippen molar-refractivity contribution in [1.82, 2.24) is 21.3 Å². The zero-order valence-electron chi connectivity index (χ0n) is 19.0. The van der Waals surface area contributed by atoms with Crippen molar-refractivity contribution < 1.29 is 9.59 Å². The van der Waals surface area contributed by atoms with Crippen molar-refractivity contribution in [3.05, 3.63) is 0 Å². The van der Waals surface area contributed by atoms with Crippen LogP contribution in [-0.4, -0.2) is 50.6 Å². The van der Waals surface area contributed by atoms with Crippen LogP contribution in [0.2, 0.25) is 0 Å². The average Bonchev–Trinajstić information content (AvgIpc) is 3.44. The normalized spacial score (nSPS) is 42.5. The first-order valence-electron chi connectivity index (χ1n) is 13.2. The molecule has 6 atom stereocenters. The van der Waals surface area contributed by atoms with Crippen LogP contribution in [0.15, 0.2) is 0 Å². The lowest BCUT2D eigenvalue weighted by atomic mass is 9.73. The molecule has 3 aliphatic carbocycles. The summed E-state index contributed by atoms with van der Waals surface area (Å²) in [5, 5.41) is 13.5. The number of amides is 2. The van der Waals surface area contributed by atoms with Crippen molar-refractivity contribution in [1.29, 1.82) is 0 Å². The number of carbonyl (C=O) groups is 2. The predicted molar refractivity (Wildman–Crippen MR) is 121 cm³/mol. The second-order valence-electron chi connectivity index (χ2n) is 11.3. The Kier molecular flexibility index (Phi) is 6.84. The van der Waals surface area contributed by atoms with Gasteiger partial charge < -0.3 is 21.3 Å². The van der Waals surface area contributed by atoms with E-state index in [9.17, 15) is 9.59 Å². The maximum Gasteiger partial charge on any atom is 0.223 e. The van der Waals surface area contributed by atoms with Gasteiger partial charge in [0, 0.05) is 24.4 Å². The molecule has 6 heteroatoms. The Morgan fingerprint density at radius 3 is 2.32 bits per heavy atom. The molecule has 5 rings (SSSR count). The molecule has 6 nitrogen and oxygen atoms in total. The third kappa shape index (κ3) is 5.27. The molecule has 3 saturated carbocycles. The Morgan fingerprint density at radius 1 is 0.742 bits per heavy atom. The van der Waals surface area contributed by atoms with E-state index in [1.54, 1.807) is 0 Å². The number of carbonyl (C=O) groups excluding carboxylic acids is 2. The lowest BCUT2D eigenvalue weighted by Gasteiger charge is -2.39. The highest BCUT2D eigenvalue weighted by atomic mass is 16.2. The third-order valence-corrected chi connectivity index (χ3v) is 9.24. The zero-order valence-corrected chi connectivity index (χ0v) is 19.0. The van der Waals surface area contributed by atoms with E-state index in [1.165, 1.54) is 32.2 Å². The Labute approximate surface area is 187 Å². The minimum atomic E-state index is 0.191. The van der Waals surface area contributed by atoms with E-state index >= 15 is 0 Å². The van der Waals surface area contributed by atoms with Gasteiger partial charge in [-0.2, -0.15) is 0 Å². The number of piperidine rings is 1. The quantitative estimate of drug-likeness (QED) is 0.520. The molecule has 0 aromatic heterocycles. The number of hydrogen-bond donors (Lipinski definition) is 4. The van der Waals surface area contributed by atoms with Crippen LogP contribution >= 0.6 is 0 Å². The monoisotopic (exact) mass is 430 g/mol. The second-order valence-corrected chi connectivity index (χ2v) is 11.3. The van der Waals surface area contributed by atoms with Gasteiger partial charge in [0.2, 0.25) is 11.8 Å². The largest absolute Gasteiger partial charge is 0.356 e. The summed E-state index contributed by atoms with van der Waals surface area (Å²) in [6, 6.07) is 0.405. The van der Waals surface area contributed by atoms with E-state index in [4.69, 9.17) is 0 Å². The summed E-state index contributed by atoms with van der Waals surface area (Å²) in [7, 11) is 0. The standard InChI is InChI=1S/C25H42N4O2/c30-24(28-14-16-7-9-26-13-16)18-3-1-17(2-4-18)22-12-23(22)25(31)29-21-6-5-20-15-27-10-8-19(20)11-21/h16-23,26-27H,1-15H2,(H,28,30)(H,29,31). The van der Waals surface area contributed by atoms with E-state index in [0.29, 0.717) is 29.7 Å². The first-order chi connectivity index (χ1) is 15.2. The summed E-state index contributed by atoms with van der Waals surface area (Å²) in [6.07, 6.45) is 11.4. The summed E-state index contributed by atoms with van der Waals surface area (Å²) in [4.78, 5) is 25.4. The van der Waals surface area contributed by atoms with Gasteiger partial charge in [0.1, 0.15) is 0 Å². The Morgan fingerprint density at radius 2 is 1.52 bits per heavy atom. The minimum absolute atomic E-state index is 0.191. The van der Waals surface area contributed by atoms with Crippen LogP contribution in [0, 0.1) is 41.4 Å². The summed E-state index contributed by atoms with van der Waals surface area (Å²) < 4.78 is 0. The van der Waals surface area contributed by atoms with E-state index < -0.39 is 0 Å². The molecule has 4 N–H and O–H groups in total. The first-order valence-corrected chi connectivity index (χ1v) is 13.2. The van der Waals surface area contributed by atoms with Crippen LogP contribution in [0.5, 0.6) is 0 Å². The van der Waals surface area contributed by atoms with Gasteiger partial charge in [-0.15, -0.1) is 0 Å². The van der Waals surface area contributed by atoms with Gasteiger partial charge >= 0.3 is 0 Å². The smallest absolute Gasteiger partial charge is 0.223 e. The third-order valence-electron chi connectivity index (χ3n) is 9.24. The van der Waals surface area contributed by atoms with Crippen LogP contribution in [-0.2, 0) is 9.59 Å². The van der Waals surface area contributed by atoms with E-state index in [2.05, 4.69) is 21.3 Å². The van der Waals surface area contributed by atoms with Gasteiger partial charge in [-0.25, -0.2) is 0 Å². The Bertz CT molecular complexity index is 641. The molecule has 0 aromatic rings. The molecular weight excluding hydrogens is 388 g/mol. The van der Waals surface area contributed by atoms with Gasteiger partial charge in [0.05, 0.1) is 0 Å². The summed E-state index contributed by atoms with van der Waals surface area (Å²) >= 11 is 0. The molecule has 6 unspecified atom stereocenters. The van der Waals surface area contributed by atoms with Gasteiger partial charge in [-0.05, 0) is 120 Å². The van der Waals surface area contributed by atoms with E-state index in [0.717, 1.165) is 76.5 Å². The van der Waals surface area contributed by atoms with Crippen molar-refractivity contribution in [2.24, 2.45) is 41.4 Å².